The van der Waals surface area contributed by atoms with Gasteiger partial charge in [-0.25, -0.2) is 4.98 Å². The Morgan fingerprint density at radius 3 is 2.29 bits per heavy atom. The molecule has 2 heterocycles. The molecule has 2 aromatic rings. The summed E-state index contributed by atoms with van der Waals surface area (Å²) in [7, 11) is 0. The van der Waals surface area contributed by atoms with Gasteiger partial charge in [0.1, 0.15) is 11.2 Å². The van der Waals surface area contributed by atoms with Crippen LogP contribution in [0.2, 0.25) is 10.0 Å². The maximum atomic E-state index is 14.3. The van der Waals surface area contributed by atoms with E-state index >= 15 is 0 Å². The highest BCUT2D eigenvalue weighted by Gasteiger charge is 2.59. The number of alkyl halides is 6. The second-order valence-electron chi connectivity index (χ2n) is 8.60. The van der Waals surface area contributed by atoms with E-state index in [0.717, 1.165) is 12.3 Å². The fourth-order valence-corrected chi connectivity index (χ4v) is 4.71. The minimum Gasteiger partial charge on any atom is -0.355 e. The highest BCUT2D eigenvalue weighted by Crippen LogP contribution is 2.49. The summed E-state index contributed by atoms with van der Waals surface area (Å²) in [6.07, 6.45) is -7.55. The number of aromatic nitrogens is 1. The highest BCUT2D eigenvalue weighted by molar-refractivity contribution is 6.34. The second kappa shape index (κ2) is 8.78. The van der Waals surface area contributed by atoms with E-state index in [1.54, 1.807) is 0 Å². The normalized spacial score (nSPS) is 21.1. The molecule has 0 spiro atoms. The van der Waals surface area contributed by atoms with Crippen molar-refractivity contribution < 1.29 is 31.1 Å². The zero-order chi connectivity index (χ0) is 24.9. The van der Waals surface area contributed by atoms with Gasteiger partial charge in [-0.15, -0.1) is 0 Å². The zero-order valence-corrected chi connectivity index (χ0v) is 19.0. The summed E-state index contributed by atoms with van der Waals surface area (Å²) in [6.45, 7) is -1.19. The van der Waals surface area contributed by atoms with Crippen LogP contribution < -0.4 is 10.2 Å². The van der Waals surface area contributed by atoms with E-state index in [1.165, 1.54) is 23.1 Å². The van der Waals surface area contributed by atoms with Crippen molar-refractivity contribution in [1.29, 1.82) is 0 Å². The van der Waals surface area contributed by atoms with E-state index in [9.17, 15) is 31.1 Å². The van der Waals surface area contributed by atoms with Gasteiger partial charge in [0, 0.05) is 47.4 Å². The predicted octanol–water partition coefficient (Wildman–Crippen LogP) is 6.14. The second-order valence-corrected chi connectivity index (χ2v) is 9.47. The minimum absolute atomic E-state index is 0.0275. The summed E-state index contributed by atoms with van der Waals surface area (Å²) in [5.74, 6) is -0.739. The number of carbonyl (C=O) groups excluding carboxylic acids is 1. The third-order valence-corrected chi connectivity index (χ3v) is 6.67. The molecule has 1 aliphatic carbocycles. The van der Waals surface area contributed by atoms with Crippen LogP contribution >= 0.6 is 23.2 Å². The van der Waals surface area contributed by atoms with Crippen LogP contribution in [0.3, 0.4) is 0 Å². The van der Waals surface area contributed by atoms with Gasteiger partial charge >= 0.3 is 12.4 Å². The lowest BCUT2D eigenvalue weighted by Crippen LogP contribution is -2.45. The largest absolute Gasteiger partial charge is 0.416 e. The molecule has 1 saturated carbocycles. The smallest absolute Gasteiger partial charge is 0.355 e. The quantitative estimate of drug-likeness (QED) is 0.476. The topological polar surface area (TPSA) is 45.2 Å². The van der Waals surface area contributed by atoms with Crippen LogP contribution in [-0.2, 0) is 22.9 Å². The summed E-state index contributed by atoms with van der Waals surface area (Å²) >= 11 is 11.9. The van der Waals surface area contributed by atoms with Gasteiger partial charge in [-0.2, -0.15) is 26.3 Å². The van der Waals surface area contributed by atoms with Gasteiger partial charge in [0.05, 0.1) is 5.56 Å². The number of carbonyl (C=O) groups is 1. The predicted molar refractivity (Wildman–Crippen MR) is 115 cm³/mol. The number of benzene rings is 1. The molecule has 1 aromatic carbocycles. The van der Waals surface area contributed by atoms with Gasteiger partial charge in [0.15, 0.2) is 0 Å². The van der Waals surface area contributed by atoms with Crippen molar-refractivity contribution in [3.8, 4) is 0 Å². The molecule has 0 bridgehead atoms. The molecular weight excluding hydrogens is 507 g/mol. The Balaban J connectivity index is 1.64. The number of nitrogens with one attached hydrogen (secondary N) is 1. The van der Waals surface area contributed by atoms with Crippen molar-refractivity contribution in [1.82, 2.24) is 10.3 Å². The molecule has 4 rings (SSSR count). The molecular formula is C22H19Cl2F6N3O. The highest BCUT2D eigenvalue weighted by atomic mass is 35.5. The molecule has 1 aromatic heterocycles. The van der Waals surface area contributed by atoms with Crippen molar-refractivity contribution >= 4 is 34.9 Å². The van der Waals surface area contributed by atoms with Crippen LogP contribution in [-0.4, -0.2) is 30.2 Å². The Bertz CT molecular complexity index is 1080. The molecule has 12 heteroatoms. The molecule has 1 saturated heterocycles. The molecule has 34 heavy (non-hydrogen) atoms. The van der Waals surface area contributed by atoms with Crippen LogP contribution in [0, 0.1) is 5.92 Å². The summed E-state index contributed by atoms with van der Waals surface area (Å²) in [5.41, 5.74) is -3.84. The summed E-state index contributed by atoms with van der Waals surface area (Å²) in [5, 5.41) is 2.52. The number of hydrogen-bond acceptors (Lipinski definition) is 3. The number of nitrogens with zero attached hydrogens (tertiary/aromatic N) is 2. The molecule has 1 amide bonds. The van der Waals surface area contributed by atoms with Crippen LogP contribution in [0.4, 0.5) is 32.2 Å². The van der Waals surface area contributed by atoms with E-state index in [0.29, 0.717) is 12.8 Å². The van der Waals surface area contributed by atoms with Gasteiger partial charge in [0.25, 0.3) is 0 Å². The van der Waals surface area contributed by atoms with E-state index in [4.69, 9.17) is 23.2 Å². The molecule has 4 nitrogen and oxygen atoms in total. The third kappa shape index (κ3) is 4.93. The Labute approximate surface area is 201 Å². The molecule has 1 N–H and O–H groups in total. The van der Waals surface area contributed by atoms with E-state index in [-0.39, 0.29) is 51.9 Å². The number of halogens is 8. The first-order valence-electron chi connectivity index (χ1n) is 10.4. The molecule has 0 radical (unpaired) electrons. The third-order valence-electron chi connectivity index (χ3n) is 6.23. The standard InChI is InChI=1S/C22H19Cl2F6N3O/c23-15-5-14(6-16(24)7-15)20(22(28,29)30)3-4-33(11-20)18-8-17(21(25,26)27)13(9-31-18)10-32-19(34)12-1-2-12/h5-9,12H,1-4,10-11H2,(H,32,34). The number of amides is 1. The maximum Gasteiger partial charge on any atom is 0.416 e. The summed E-state index contributed by atoms with van der Waals surface area (Å²) in [6, 6.07) is 4.38. The number of anilines is 1. The van der Waals surface area contributed by atoms with Crippen molar-refractivity contribution in [2.45, 2.75) is 43.6 Å². The van der Waals surface area contributed by atoms with Gasteiger partial charge in [-0.1, -0.05) is 23.2 Å². The number of pyridine rings is 1. The van der Waals surface area contributed by atoms with Crippen LogP contribution in [0.1, 0.15) is 36.0 Å². The van der Waals surface area contributed by atoms with E-state index < -0.39 is 36.3 Å². The van der Waals surface area contributed by atoms with E-state index in [1.807, 2.05) is 0 Å². The Kier molecular flexibility index (Phi) is 6.44. The van der Waals surface area contributed by atoms with Gasteiger partial charge in [-0.3, -0.25) is 4.79 Å². The average Bonchev–Trinajstić information content (AvgIpc) is 3.47. The maximum absolute atomic E-state index is 14.3. The minimum atomic E-state index is -4.78. The molecule has 2 fully saturated rings. The molecule has 1 unspecified atom stereocenters. The van der Waals surface area contributed by atoms with Gasteiger partial charge < -0.3 is 10.2 Å². The molecule has 1 aliphatic heterocycles. The van der Waals surface area contributed by atoms with Crippen LogP contribution in [0.15, 0.2) is 30.5 Å². The zero-order valence-electron chi connectivity index (χ0n) is 17.5. The van der Waals surface area contributed by atoms with Crippen LogP contribution in [0.25, 0.3) is 0 Å². The monoisotopic (exact) mass is 525 g/mol. The van der Waals surface area contributed by atoms with Crippen molar-refractivity contribution in [3.63, 3.8) is 0 Å². The first-order valence-corrected chi connectivity index (χ1v) is 11.2. The average molecular weight is 526 g/mol. The Hall–Kier alpha value is -2.20. The van der Waals surface area contributed by atoms with Gasteiger partial charge in [-0.05, 0) is 49.1 Å². The molecule has 184 valence electrons. The lowest BCUT2D eigenvalue weighted by atomic mass is 9.79. The van der Waals surface area contributed by atoms with Crippen molar-refractivity contribution in [2.75, 3.05) is 18.0 Å². The number of hydrogen-bond donors (Lipinski definition) is 1. The molecule has 1 atom stereocenters. The lowest BCUT2D eigenvalue weighted by molar-refractivity contribution is -0.184. The Morgan fingerprint density at radius 2 is 1.74 bits per heavy atom. The molecule has 2 aliphatic rings. The Morgan fingerprint density at radius 1 is 1.09 bits per heavy atom. The SMILES string of the molecule is O=C(NCc1cnc(N2CCC(c3cc(Cl)cc(Cl)c3)(C(F)(F)F)C2)cc1C(F)(F)F)C1CC1. The first-order chi connectivity index (χ1) is 15.8. The fourth-order valence-electron chi connectivity index (χ4n) is 4.19. The summed E-state index contributed by atoms with van der Waals surface area (Å²) < 4.78 is 84.1. The fraction of sp³-hybridized carbons (Fsp3) is 0.455. The van der Waals surface area contributed by atoms with E-state index in [2.05, 4.69) is 10.3 Å². The van der Waals surface area contributed by atoms with Crippen molar-refractivity contribution in [3.05, 3.63) is 57.2 Å². The van der Waals surface area contributed by atoms with Crippen molar-refractivity contribution in [2.24, 2.45) is 5.92 Å². The summed E-state index contributed by atoms with van der Waals surface area (Å²) in [4.78, 5) is 17.0. The lowest BCUT2D eigenvalue weighted by Gasteiger charge is -2.33. The first kappa shape index (κ1) is 24.9. The number of rotatable bonds is 5. The van der Waals surface area contributed by atoms with Crippen LogP contribution in [0.5, 0.6) is 0 Å². The van der Waals surface area contributed by atoms with Gasteiger partial charge in [0.2, 0.25) is 5.91 Å².